The lowest BCUT2D eigenvalue weighted by atomic mass is 9.73. The van der Waals surface area contributed by atoms with Crippen LogP contribution in [0, 0.1) is 10.1 Å². The number of benzene rings is 2. The van der Waals surface area contributed by atoms with Crippen molar-refractivity contribution in [2.45, 2.75) is 74.7 Å². The normalized spacial score (nSPS) is 32.6. The molecule has 5 heteroatoms. The molecule has 2 aromatic carbocycles. The minimum atomic E-state index is -1.13. The zero-order valence-electron chi connectivity index (χ0n) is 16.7. The van der Waals surface area contributed by atoms with Gasteiger partial charge >= 0.3 is 0 Å². The van der Waals surface area contributed by atoms with Gasteiger partial charge in [-0.2, -0.15) is 0 Å². The monoisotopic (exact) mass is 395 g/mol. The Balaban J connectivity index is 1.76. The highest BCUT2D eigenvalue weighted by Crippen LogP contribution is 2.48. The second kappa shape index (κ2) is 8.25. The van der Waals surface area contributed by atoms with Crippen molar-refractivity contribution >= 4 is 0 Å². The van der Waals surface area contributed by atoms with Crippen molar-refractivity contribution < 1.29 is 14.8 Å². The fraction of sp³-hybridized carbons (Fsp3) is 0.500. The summed E-state index contributed by atoms with van der Waals surface area (Å²) in [5, 5.41) is 23.8. The second-order valence-corrected chi connectivity index (χ2v) is 8.45. The summed E-state index contributed by atoms with van der Waals surface area (Å²) in [5.41, 5.74) is -0.447. The molecule has 0 radical (unpaired) electrons. The van der Waals surface area contributed by atoms with E-state index in [0.717, 1.165) is 36.8 Å². The Labute approximate surface area is 171 Å². The van der Waals surface area contributed by atoms with Gasteiger partial charge in [-0.05, 0) is 43.2 Å². The molecule has 2 fully saturated rings. The smallest absolute Gasteiger partial charge is 0.245 e. The maximum absolute atomic E-state index is 12.1. The van der Waals surface area contributed by atoms with Crippen LogP contribution in [0.2, 0.25) is 0 Å². The van der Waals surface area contributed by atoms with Crippen LogP contribution in [0.1, 0.15) is 62.5 Å². The largest absolute Gasteiger partial charge is 0.382 e. The number of nitrogens with zero attached hydrogens (tertiary/aromatic N) is 1. The summed E-state index contributed by atoms with van der Waals surface area (Å²) < 4.78 is 6.76. The third kappa shape index (κ3) is 3.69. The van der Waals surface area contributed by atoms with E-state index in [2.05, 4.69) is 0 Å². The highest BCUT2D eigenvalue weighted by atomic mass is 16.6. The molecule has 4 unspecified atom stereocenters. The molecule has 2 aromatic rings. The van der Waals surface area contributed by atoms with Crippen LogP contribution in [0.25, 0.3) is 0 Å². The Morgan fingerprint density at radius 2 is 1.45 bits per heavy atom. The first kappa shape index (κ1) is 20.0. The molecule has 4 rings (SSSR count). The van der Waals surface area contributed by atoms with Crippen LogP contribution in [0.4, 0.5) is 0 Å². The fourth-order valence-corrected chi connectivity index (χ4v) is 5.25. The summed E-state index contributed by atoms with van der Waals surface area (Å²) in [6.07, 6.45) is 5.52. The number of aliphatic hydroxyl groups is 1. The Morgan fingerprint density at radius 3 is 2.10 bits per heavy atom. The predicted molar refractivity (Wildman–Crippen MR) is 111 cm³/mol. The lowest BCUT2D eigenvalue weighted by molar-refractivity contribution is -0.557. The molecule has 0 heterocycles. The maximum atomic E-state index is 12.1. The van der Waals surface area contributed by atoms with E-state index >= 15 is 0 Å². The maximum Gasteiger partial charge on any atom is 0.245 e. The van der Waals surface area contributed by atoms with Crippen LogP contribution < -0.4 is 0 Å². The molecule has 0 spiro atoms. The molecular formula is C24H29NO4. The van der Waals surface area contributed by atoms with Crippen molar-refractivity contribution in [3.05, 3.63) is 81.9 Å². The van der Waals surface area contributed by atoms with Gasteiger partial charge < -0.3 is 9.84 Å². The van der Waals surface area contributed by atoms with Crippen LogP contribution in [0.15, 0.2) is 60.7 Å². The van der Waals surface area contributed by atoms with Crippen molar-refractivity contribution in [2.75, 3.05) is 0 Å². The Kier molecular flexibility index (Phi) is 5.70. The molecular weight excluding hydrogens is 366 g/mol. The number of ether oxygens (including phenoxy) is 1. The van der Waals surface area contributed by atoms with E-state index in [4.69, 9.17) is 4.74 Å². The van der Waals surface area contributed by atoms with Gasteiger partial charge in [0.15, 0.2) is 5.60 Å². The first-order chi connectivity index (χ1) is 14.1. The van der Waals surface area contributed by atoms with E-state index in [0.29, 0.717) is 25.7 Å². The van der Waals surface area contributed by atoms with E-state index in [1.165, 1.54) is 0 Å². The molecule has 2 saturated carbocycles. The molecule has 2 aliphatic carbocycles. The Hall–Kier alpha value is -2.24. The highest BCUT2D eigenvalue weighted by Gasteiger charge is 2.55. The molecule has 0 aliphatic heterocycles. The minimum absolute atomic E-state index is 0.170. The van der Waals surface area contributed by atoms with Crippen LogP contribution >= 0.6 is 0 Å². The van der Waals surface area contributed by atoms with E-state index < -0.39 is 23.3 Å². The van der Waals surface area contributed by atoms with E-state index in [1.54, 1.807) is 0 Å². The van der Waals surface area contributed by atoms with Gasteiger partial charge in [-0.1, -0.05) is 73.5 Å². The van der Waals surface area contributed by atoms with Gasteiger partial charge in [-0.25, -0.2) is 0 Å². The average molecular weight is 395 g/mol. The quantitative estimate of drug-likeness (QED) is 0.574. The molecule has 0 bridgehead atoms. The summed E-state index contributed by atoms with van der Waals surface area (Å²) in [6.45, 7) is 0. The number of hydrogen-bond donors (Lipinski definition) is 1. The van der Waals surface area contributed by atoms with Crippen molar-refractivity contribution in [3.63, 3.8) is 0 Å². The van der Waals surface area contributed by atoms with Crippen molar-refractivity contribution in [1.29, 1.82) is 0 Å². The zero-order valence-corrected chi connectivity index (χ0v) is 16.7. The van der Waals surface area contributed by atoms with E-state index in [1.807, 2.05) is 60.7 Å². The molecule has 4 atom stereocenters. The van der Waals surface area contributed by atoms with Crippen molar-refractivity contribution in [3.8, 4) is 0 Å². The molecule has 29 heavy (non-hydrogen) atoms. The predicted octanol–water partition coefficient (Wildman–Crippen LogP) is 4.95. The first-order valence-electron chi connectivity index (χ1n) is 10.7. The second-order valence-electron chi connectivity index (χ2n) is 8.45. The van der Waals surface area contributed by atoms with Gasteiger partial charge in [0.05, 0.1) is 6.10 Å². The summed E-state index contributed by atoms with van der Waals surface area (Å²) in [7, 11) is 0. The number of nitro groups is 1. The topological polar surface area (TPSA) is 72.6 Å². The van der Waals surface area contributed by atoms with Crippen molar-refractivity contribution in [2.24, 2.45) is 0 Å². The molecule has 0 saturated heterocycles. The molecule has 0 aromatic heterocycles. The van der Waals surface area contributed by atoms with Gasteiger partial charge in [0, 0.05) is 11.3 Å². The van der Waals surface area contributed by atoms with Crippen LogP contribution in [-0.2, 0) is 15.9 Å². The van der Waals surface area contributed by atoms with Gasteiger partial charge in [0.25, 0.3) is 0 Å². The molecule has 1 N–H and O–H groups in total. The molecule has 0 amide bonds. The standard InChI is InChI=1S/C24H29NO4/c26-23(19-11-3-1-4-12-19)17-9-8-16-22(23)29-24(20-13-5-2-6-14-20)18-10-7-15-21(24)25(27)28/h1-6,11-14,21-22,26H,7-10,15-18H2. The van der Waals surface area contributed by atoms with Crippen LogP contribution in [-0.4, -0.2) is 22.2 Å². The first-order valence-corrected chi connectivity index (χ1v) is 10.7. The highest BCUT2D eigenvalue weighted by molar-refractivity contribution is 5.28. The van der Waals surface area contributed by atoms with E-state index in [-0.39, 0.29) is 4.92 Å². The van der Waals surface area contributed by atoms with Gasteiger partial charge in [0.2, 0.25) is 6.04 Å². The lowest BCUT2D eigenvalue weighted by Crippen LogP contribution is -2.55. The summed E-state index contributed by atoms with van der Waals surface area (Å²) in [6, 6.07) is 18.5. The Bertz CT molecular complexity index is 827. The summed E-state index contributed by atoms with van der Waals surface area (Å²) >= 11 is 0. The average Bonchev–Trinajstić information content (AvgIpc) is 2.77. The molecule has 154 valence electrons. The number of rotatable bonds is 5. The van der Waals surface area contributed by atoms with Gasteiger partial charge in [-0.3, -0.25) is 10.1 Å². The summed E-state index contributed by atoms with van der Waals surface area (Å²) in [5.74, 6) is 0. The van der Waals surface area contributed by atoms with Gasteiger partial charge in [-0.15, -0.1) is 0 Å². The fourth-order valence-electron chi connectivity index (χ4n) is 5.25. The Morgan fingerprint density at radius 1 is 0.862 bits per heavy atom. The lowest BCUT2D eigenvalue weighted by Gasteiger charge is -2.47. The van der Waals surface area contributed by atoms with Crippen LogP contribution in [0.5, 0.6) is 0 Å². The minimum Gasteiger partial charge on any atom is -0.382 e. The van der Waals surface area contributed by atoms with Gasteiger partial charge in [0.1, 0.15) is 5.60 Å². The van der Waals surface area contributed by atoms with E-state index in [9.17, 15) is 15.2 Å². The molecule has 5 nitrogen and oxygen atoms in total. The van der Waals surface area contributed by atoms with Crippen LogP contribution in [0.3, 0.4) is 0 Å². The third-order valence-electron chi connectivity index (χ3n) is 6.76. The molecule has 2 aliphatic rings. The SMILES string of the molecule is O=[N+]([O-])C1CCCCC1(OC1CCCCC1(O)c1ccccc1)c1ccccc1. The van der Waals surface area contributed by atoms with Crippen molar-refractivity contribution in [1.82, 2.24) is 0 Å². The summed E-state index contributed by atoms with van der Waals surface area (Å²) in [4.78, 5) is 11.9. The third-order valence-corrected chi connectivity index (χ3v) is 6.76. The number of hydrogen-bond acceptors (Lipinski definition) is 4. The zero-order chi connectivity index (χ0) is 20.3.